The van der Waals surface area contributed by atoms with E-state index in [2.05, 4.69) is 4.98 Å². The lowest BCUT2D eigenvalue weighted by Crippen LogP contribution is -2.12. The molecule has 0 radical (unpaired) electrons. The number of pyridine rings is 1. The Labute approximate surface area is 170 Å². The summed E-state index contributed by atoms with van der Waals surface area (Å²) in [6, 6.07) is 1.71. The first-order valence-corrected chi connectivity index (χ1v) is 9.17. The molecule has 0 saturated carbocycles. The molecule has 0 fully saturated rings. The van der Waals surface area contributed by atoms with Gasteiger partial charge >= 0.3 is 0 Å². The quantitative estimate of drug-likeness (QED) is 0.425. The number of nitrogens with zero attached hydrogens (tertiary/aromatic N) is 1. The fourth-order valence-corrected chi connectivity index (χ4v) is 3.20. The predicted molar refractivity (Wildman–Crippen MR) is 107 cm³/mol. The van der Waals surface area contributed by atoms with Crippen LogP contribution in [0.3, 0.4) is 0 Å². The van der Waals surface area contributed by atoms with Gasteiger partial charge in [0.1, 0.15) is 5.56 Å². The number of carbonyl (C=O) groups is 1. The molecule has 140 valence electrons. The van der Waals surface area contributed by atoms with E-state index >= 15 is 0 Å². The number of carbonyl (C=O) groups excluding carboxylic acids is 1. The van der Waals surface area contributed by atoms with Gasteiger partial charge in [0, 0.05) is 6.20 Å². The van der Waals surface area contributed by atoms with E-state index in [1.807, 2.05) is 29.5 Å². The van der Waals surface area contributed by atoms with Crippen molar-refractivity contribution in [2.24, 2.45) is 0 Å². The Hall–Kier alpha value is -1.74. The number of methoxy groups -OCH3 is 3. The maximum Gasteiger partial charge on any atom is 0.226 e. The number of halogens is 2. The standard InChI is InChI=1S/C18H19ClINO5/c1-6-26-18-13(14(19)10(20)8-21-18)15(22)12-9(2)7-11(23-3)16(24-4)17(12)25-5/h7-8H,6H2,1-5H3. The lowest BCUT2D eigenvalue weighted by Gasteiger charge is -2.18. The SMILES string of the molecule is CCOc1ncc(I)c(Cl)c1C(=O)c1c(C)cc(OC)c(OC)c1OC. The summed E-state index contributed by atoms with van der Waals surface area (Å²) in [4.78, 5) is 17.6. The van der Waals surface area contributed by atoms with Gasteiger partial charge < -0.3 is 18.9 Å². The summed E-state index contributed by atoms with van der Waals surface area (Å²) in [5.74, 6) is 0.887. The van der Waals surface area contributed by atoms with Crippen LogP contribution in [-0.4, -0.2) is 38.7 Å². The predicted octanol–water partition coefficient (Wildman–Crippen LogP) is 4.30. The second-order valence-corrected chi connectivity index (χ2v) is 6.74. The van der Waals surface area contributed by atoms with Crippen molar-refractivity contribution in [3.05, 3.63) is 37.5 Å². The molecule has 8 heteroatoms. The van der Waals surface area contributed by atoms with Crippen LogP contribution in [0, 0.1) is 10.5 Å². The number of rotatable bonds is 7. The van der Waals surface area contributed by atoms with Crippen LogP contribution < -0.4 is 18.9 Å². The second-order valence-electron chi connectivity index (χ2n) is 5.20. The highest BCUT2D eigenvalue weighted by molar-refractivity contribution is 14.1. The lowest BCUT2D eigenvalue weighted by atomic mass is 9.97. The van der Waals surface area contributed by atoms with Crippen LogP contribution in [0.2, 0.25) is 5.02 Å². The van der Waals surface area contributed by atoms with E-state index in [4.69, 9.17) is 30.5 Å². The van der Waals surface area contributed by atoms with Gasteiger partial charge in [-0.05, 0) is 48.1 Å². The Morgan fingerprint density at radius 2 is 1.81 bits per heavy atom. The molecule has 1 heterocycles. The van der Waals surface area contributed by atoms with Crippen molar-refractivity contribution in [1.82, 2.24) is 4.98 Å². The van der Waals surface area contributed by atoms with Gasteiger partial charge in [0.15, 0.2) is 11.5 Å². The van der Waals surface area contributed by atoms with Crippen LogP contribution in [0.5, 0.6) is 23.1 Å². The van der Waals surface area contributed by atoms with Gasteiger partial charge in [-0.1, -0.05) is 11.6 Å². The molecule has 0 N–H and O–H groups in total. The third-order valence-electron chi connectivity index (χ3n) is 3.70. The highest BCUT2D eigenvalue weighted by Gasteiger charge is 2.29. The molecule has 0 amide bonds. The van der Waals surface area contributed by atoms with Gasteiger partial charge in [-0.15, -0.1) is 0 Å². The molecular weight excluding hydrogens is 473 g/mol. The van der Waals surface area contributed by atoms with E-state index in [1.54, 1.807) is 19.2 Å². The van der Waals surface area contributed by atoms with Gasteiger partial charge in [0.25, 0.3) is 0 Å². The fourth-order valence-electron chi connectivity index (χ4n) is 2.58. The zero-order valence-electron chi connectivity index (χ0n) is 15.1. The normalized spacial score (nSPS) is 10.4. The molecule has 0 aliphatic heterocycles. The van der Waals surface area contributed by atoms with Gasteiger partial charge in [-0.25, -0.2) is 4.98 Å². The second kappa shape index (κ2) is 8.77. The summed E-state index contributed by atoms with van der Waals surface area (Å²) in [5, 5.41) is 0.283. The van der Waals surface area contributed by atoms with Crippen LogP contribution in [0.4, 0.5) is 0 Å². The van der Waals surface area contributed by atoms with Crippen molar-refractivity contribution in [3.8, 4) is 23.1 Å². The van der Waals surface area contributed by atoms with E-state index < -0.39 is 0 Å². The topological polar surface area (TPSA) is 66.9 Å². The molecule has 0 atom stereocenters. The first-order valence-electron chi connectivity index (χ1n) is 7.72. The zero-order valence-corrected chi connectivity index (χ0v) is 18.0. The average molecular weight is 492 g/mol. The van der Waals surface area contributed by atoms with Crippen LogP contribution >= 0.6 is 34.2 Å². The Morgan fingerprint density at radius 1 is 1.15 bits per heavy atom. The molecule has 2 rings (SSSR count). The number of hydrogen-bond donors (Lipinski definition) is 0. The average Bonchev–Trinajstić information content (AvgIpc) is 2.63. The largest absolute Gasteiger partial charge is 0.493 e. The highest BCUT2D eigenvalue weighted by atomic mass is 127. The Bertz CT molecular complexity index is 841. The Kier molecular flexibility index (Phi) is 6.94. The molecule has 26 heavy (non-hydrogen) atoms. The number of aromatic nitrogens is 1. The smallest absolute Gasteiger partial charge is 0.226 e. The lowest BCUT2D eigenvalue weighted by molar-refractivity contribution is 0.103. The van der Waals surface area contributed by atoms with Gasteiger partial charge in [-0.3, -0.25) is 4.79 Å². The summed E-state index contributed by atoms with van der Waals surface area (Å²) in [6.07, 6.45) is 1.56. The van der Waals surface area contributed by atoms with E-state index in [9.17, 15) is 4.79 Å². The fraction of sp³-hybridized carbons (Fsp3) is 0.333. The van der Waals surface area contributed by atoms with E-state index in [0.29, 0.717) is 32.8 Å². The maximum absolute atomic E-state index is 13.4. The molecular formula is C18H19ClINO5. The van der Waals surface area contributed by atoms with Crippen molar-refractivity contribution in [3.63, 3.8) is 0 Å². The first-order chi connectivity index (χ1) is 12.4. The zero-order chi connectivity index (χ0) is 19.4. The summed E-state index contributed by atoms with van der Waals surface area (Å²) >= 11 is 8.44. The summed E-state index contributed by atoms with van der Waals surface area (Å²) in [5.41, 5.74) is 1.16. The van der Waals surface area contributed by atoms with E-state index in [1.165, 1.54) is 21.3 Å². The molecule has 0 aliphatic rings. The van der Waals surface area contributed by atoms with Gasteiger partial charge in [0.2, 0.25) is 17.4 Å². The first kappa shape index (κ1) is 20.6. The number of ketones is 1. The third-order valence-corrected chi connectivity index (χ3v) is 5.23. The van der Waals surface area contributed by atoms with Crippen LogP contribution in [0.15, 0.2) is 12.3 Å². The molecule has 0 unspecified atom stereocenters. The Balaban J connectivity index is 2.78. The molecule has 1 aromatic carbocycles. The molecule has 1 aromatic heterocycles. The number of ether oxygens (including phenoxy) is 4. The summed E-state index contributed by atoms with van der Waals surface area (Å²) in [7, 11) is 4.47. The number of aryl methyl sites for hydroxylation is 1. The molecule has 6 nitrogen and oxygen atoms in total. The van der Waals surface area contributed by atoms with Crippen molar-refractivity contribution in [2.75, 3.05) is 27.9 Å². The molecule has 0 aliphatic carbocycles. The number of hydrogen-bond acceptors (Lipinski definition) is 6. The summed E-state index contributed by atoms with van der Waals surface area (Å²) in [6.45, 7) is 3.95. The van der Waals surface area contributed by atoms with Crippen molar-refractivity contribution >= 4 is 40.0 Å². The monoisotopic (exact) mass is 491 g/mol. The molecule has 0 saturated heterocycles. The number of benzene rings is 1. The highest BCUT2D eigenvalue weighted by Crippen LogP contribution is 2.44. The van der Waals surface area contributed by atoms with E-state index in [0.717, 1.165) is 0 Å². The van der Waals surface area contributed by atoms with E-state index in [-0.39, 0.29) is 28.0 Å². The van der Waals surface area contributed by atoms with Gasteiger partial charge in [-0.2, -0.15) is 0 Å². The maximum atomic E-state index is 13.4. The minimum Gasteiger partial charge on any atom is -0.493 e. The molecule has 2 aromatic rings. The summed E-state index contributed by atoms with van der Waals surface area (Å²) < 4.78 is 22.3. The van der Waals surface area contributed by atoms with Crippen LogP contribution in [0.25, 0.3) is 0 Å². The van der Waals surface area contributed by atoms with Crippen LogP contribution in [0.1, 0.15) is 28.4 Å². The third kappa shape index (κ3) is 3.68. The molecule has 0 spiro atoms. The van der Waals surface area contributed by atoms with Crippen molar-refractivity contribution in [2.45, 2.75) is 13.8 Å². The van der Waals surface area contributed by atoms with Crippen molar-refractivity contribution < 1.29 is 23.7 Å². The Morgan fingerprint density at radius 3 is 2.35 bits per heavy atom. The van der Waals surface area contributed by atoms with Crippen molar-refractivity contribution in [1.29, 1.82) is 0 Å². The minimum atomic E-state index is -0.361. The minimum absolute atomic E-state index is 0.180. The molecule has 0 bridgehead atoms. The van der Waals surface area contributed by atoms with Gasteiger partial charge in [0.05, 0.1) is 42.1 Å². The van der Waals surface area contributed by atoms with Crippen LogP contribution in [-0.2, 0) is 0 Å².